The molecule has 3 amide bonds. The van der Waals surface area contributed by atoms with Crippen LogP contribution in [0.25, 0.3) is 0 Å². The smallest absolute Gasteiger partial charge is 0.326 e. The summed E-state index contributed by atoms with van der Waals surface area (Å²) in [5.41, 5.74) is 0.359. The second kappa shape index (κ2) is 6.47. The third-order valence-electron chi connectivity index (χ3n) is 2.01. The van der Waals surface area contributed by atoms with Crippen molar-refractivity contribution in [2.75, 3.05) is 12.4 Å². The Bertz CT molecular complexity index is 464. The van der Waals surface area contributed by atoms with Gasteiger partial charge in [-0.05, 0) is 25.1 Å². The van der Waals surface area contributed by atoms with Crippen LogP contribution in [0.2, 0.25) is 5.02 Å². The molecule has 5 nitrogen and oxygen atoms in total. The van der Waals surface area contributed by atoms with Gasteiger partial charge in [0.25, 0.3) is 0 Å². The van der Waals surface area contributed by atoms with Crippen molar-refractivity contribution in [3.8, 4) is 5.75 Å². The van der Waals surface area contributed by atoms with Gasteiger partial charge in [-0.25, -0.2) is 4.79 Å². The molecular weight excluding hydrogens is 279 g/mol. The maximum absolute atomic E-state index is 11.5. The number of urea groups is 1. The van der Waals surface area contributed by atoms with E-state index in [1.54, 1.807) is 12.1 Å². The molecule has 0 aliphatic heterocycles. The normalized spacial score (nSPS) is 11.6. The fourth-order valence-corrected chi connectivity index (χ4v) is 1.37. The maximum Gasteiger partial charge on any atom is 0.326 e. The molecule has 0 aromatic heterocycles. The van der Waals surface area contributed by atoms with Gasteiger partial charge < -0.3 is 10.1 Å². The topological polar surface area (TPSA) is 67.4 Å². The van der Waals surface area contributed by atoms with Crippen LogP contribution in [-0.4, -0.2) is 24.4 Å². The molecule has 0 spiro atoms. The van der Waals surface area contributed by atoms with Crippen LogP contribution in [-0.2, 0) is 4.79 Å². The van der Waals surface area contributed by atoms with E-state index in [4.69, 9.17) is 27.9 Å². The second-order valence-corrected chi connectivity index (χ2v) is 4.50. The Morgan fingerprint density at radius 3 is 2.61 bits per heavy atom. The highest BCUT2D eigenvalue weighted by molar-refractivity contribution is 6.32. The Labute approximate surface area is 114 Å². The Morgan fingerprint density at radius 1 is 1.39 bits per heavy atom. The average Bonchev–Trinajstić information content (AvgIpc) is 2.28. The summed E-state index contributed by atoms with van der Waals surface area (Å²) in [5.74, 6) is -0.156. The van der Waals surface area contributed by atoms with Crippen molar-refractivity contribution < 1.29 is 14.3 Å². The number of anilines is 1. The summed E-state index contributed by atoms with van der Waals surface area (Å²) < 4.78 is 5.04. The Morgan fingerprint density at radius 2 is 2.06 bits per heavy atom. The largest absolute Gasteiger partial charge is 0.495 e. The summed E-state index contributed by atoms with van der Waals surface area (Å²) in [5, 5.41) is 4.17. The van der Waals surface area contributed by atoms with Crippen molar-refractivity contribution in [2.45, 2.75) is 12.3 Å². The predicted octanol–water partition coefficient (Wildman–Crippen LogP) is 2.62. The molecule has 0 bridgehead atoms. The fourth-order valence-electron chi connectivity index (χ4n) is 1.14. The number of ether oxygens (including phenoxy) is 1. The molecule has 18 heavy (non-hydrogen) atoms. The summed E-state index contributed by atoms with van der Waals surface area (Å²) in [7, 11) is 1.46. The highest BCUT2D eigenvalue weighted by Gasteiger charge is 2.14. The molecule has 7 heteroatoms. The first-order valence-electron chi connectivity index (χ1n) is 5.03. The molecule has 0 saturated heterocycles. The summed E-state index contributed by atoms with van der Waals surface area (Å²) in [4.78, 5) is 22.7. The molecule has 0 heterocycles. The van der Waals surface area contributed by atoms with Gasteiger partial charge in [-0.3, -0.25) is 10.1 Å². The van der Waals surface area contributed by atoms with Gasteiger partial charge in [-0.1, -0.05) is 11.6 Å². The van der Waals surface area contributed by atoms with Gasteiger partial charge in [0.2, 0.25) is 5.91 Å². The van der Waals surface area contributed by atoms with Gasteiger partial charge >= 0.3 is 6.03 Å². The lowest BCUT2D eigenvalue weighted by atomic mass is 10.3. The fraction of sp³-hybridized carbons (Fsp3) is 0.273. The molecule has 0 aliphatic carbocycles. The van der Waals surface area contributed by atoms with E-state index in [1.807, 2.05) is 0 Å². The van der Waals surface area contributed by atoms with E-state index in [2.05, 4.69) is 10.6 Å². The van der Waals surface area contributed by atoms with Gasteiger partial charge in [0, 0.05) is 5.02 Å². The minimum atomic E-state index is -0.794. The van der Waals surface area contributed by atoms with Crippen LogP contribution in [0, 0.1) is 0 Å². The van der Waals surface area contributed by atoms with Crippen LogP contribution in [0.4, 0.5) is 10.5 Å². The lowest BCUT2D eigenvalue weighted by molar-refractivity contribution is -0.119. The van der Waals surface area contributed by atoms with Gasteiger partial charge in [0.05, 0.1) is 12.8 Å². The Hall–Kier alpha value is -1.46. The molecule has 0 radical (unpaired) electrons. The third kappa shape index (κ3) is 4.09. The number of carbonyl (C=O) groups excluding carboxylic acids is 2. The van der Waals surface area contributed by atoms with Crippen LogP contribution >= 0.6 is 23.2 Å². The minimum Gasteiger partial charge on any atom is -0.495 e. The summed E-state index contributed by atoms with van der Waals surface area (Å²) in [6.45, 7) is 1.46. The highest BCUT2D eigenvalue weighted by atomic mass is 35.5. The lowest BCUT2D eigenvalue weighted by Gasteiger charge is -2.11. The number of benzene rings is 1. The van der Waals surface area contributed by atoms with E-state index in [-0.39, 0.29) is 0 Å². The number of hydrogen-bond donors (Lipinski definition) is 2. The zero-order valence-corrected chi connectivity index (χ0v) is 11.3. The number of carbonyl (C=O) groups is 2. The predicted molar refractivity (Wildman–Crippen MR) is 70.5 cm³/mol. The van der Waals surface area contributed by atoms with Crippen LogP contribution in [0.5, 0.6) is 5.75 Å². The number of rotatable bonds is 3. The summed E-state index contributed by atoms with van der Waals surface area (Å²) in [6, 6.07) is 4.03. The number of imide groups is 1. The zero-order chi connectivity index (χ0) is 13.7. The van der Waals surface area contributed by atoms with E-state index >= 15 is 0 Å². The molecule has 2 N–H and O–H groups in total. The van der Waals surface area contributed by atoms with Gasteiger partial charge in [0.1, 0.15) is 11.1 Å². The molecule has 1 aromatic carbocycles. The Balaban J connectivity index is 2.75. The molecule has 1 rings (SSSR count). The van der Waals surface area contributed by atoms with Crippen molar-refractivity contribution in [1.29, 1.82) is 0 Å². The number of amides is 3. The number of alkyl halides is 1. The van der Waals surface area contributed by atoms with Gasteiger partial charge in [0.15, 0.2) is 0 Å². The molecular formula is C11H12Cl2N2O3. The number of hydrogen-bond acceptors (Lipinski definition) is 3. The Kier molecular flexibility index (Phi) is 5.25. The van der Waals surface area contributed by atoms with E-state index in [0.717, 1.165) is 0 Å². The monoisotopic (exact) mass is 290 g/mol. The minimum absolute atomic E-state index is 0.359. The SMILES string of the molecule is COc1ccc(Cl)cc1NC(=O)NC(=O)C(C)Cl. The van der Waals surface area contributed by atoms with Gasteiger partial charge in [-0.15, -0.1) is 11.6 Å². The number of nitrogens with one attached hydrogen (secondary N) is 2. The summed E-state index contributed by atoms with van der Waals surface area (Å²) in [6.07, 6.45) is 0. The first-order chi connectivity index (χ1) is 8.43. The van der Waals surface area contributed by atoms with E-state index < -0.39 is 17.3 Å². The van der Waals surface area contributed by atoms with Gasteiger partial charge in [-0.2, -0.15) is 0 Å². The van der Waals surface area contributed by atoms with Crippen molar-refractivity contribution >= 4 is 40.8 Å². The zero-order valence-electron chi connectivity index (χ0n) is 9.79. The molecule has 1 unspecified atom stereocenters. The molecule has 0 saturated carbocycles. The van der Waals surface area contributed by atoms with Crippen molar-refractivity contribution in [3.63, 3.8) is 0 Å². The third-order valence-corrected chi connectivity index (χ3v) is 2.44. The van der Waals surface area contributed by atoms with E-state index in [0.29, 0.717) is 16.5 Å². The quantitative estimate of drug-likeness (QED) is 0.841. The average molecular weight is 291 g/mol. The first-order valence-corrected chi connectivity index (χ1v) is 5.85. The van der Waals surface area contributed by atoms with Crippen molar-refractivity contribution in [2.24, 2.45) is 0 Å². The lowest BCUT2D eigenvalue weighted by Crippen LogP contribution is -2.38. The van der Waals surface area contributed by atoms with Crippen LogP contribution < -0.4 is 15.4 Å². The van der Waals surface area contributed by atoms with Crippen LogP contribution in [0.3, 0.4) is 0 Å². The molecule has 98 valence electrons. The molecule has 0 aliphatic rings. The van der Waals surface area contributed by atoms with Crippen LogP contribution in [0.15, 0.2) is 18.2 Å². The number of methoxy groups -OCH3 is 1. The molecule has 0 fully saturated rings. The molecule has 1 aromatic rings. The van der Waals surface area contributed by atoms with Crippen LogP contribution in [0.1, 0.15) is 6.92 Å². The standard InChI is InChI=1S/C11H12Cl2N2O3/c1-6(12)10(16)15-11(17)14-8-5-7(13)3-4-9(8)18-2/h3-6H,1-2H3,(H2,14,15,16,17). The second-order valence-electron chi connectivity index (χ2n) is 3.40. The van der Waals surface area contributed by atoms with Crippen molar-refractivity contribution in [1.82, 2.24) is 5.32 Å². The summed E-state index contributed by atoms with van der Waals surface area (Å²) >= 11 is 11.3. The van der Waals surface area contributed by atoms with Crippen molar-refractivity contribution in [3.05, 3.63) is 23.2 Å². The number of halogens is 2. The first kappa shape index (κ1) is 14.6. The molecule has 1 atom stereocenters. The van der Waals surface area contributed by atoms with E-state index in [9.17, 15) is 9.59 Å². The van der Waals surface area contributed by atoms with E-state index in [1.165, 1.54) is 20.1 Å². The maximum atomic E-state index is 11.5. The highest BCUT2D eigenvalue weighted by Crippen LogP contribution is 2.27.